The van der Waals surface area contributed by atoms with Crippen LogP contribution >= 0.6 is 11.7 Å². The van der Waals surface area contributed by atoms with Gasteiger partial charge < -0.3 is 29.0 Å². The number of esters is 1. The maximum atomic E-state index is 13.5. The number of cyclic esters (lactones) is 1. The summed E-state index contributed by atoms with van der Waals surface area (Å²) in [4.78, 5) is 15.5. The summed E-state index contributed by atoms with van der Waals surface area (Å²) in [6, 6.07) is 16.4. The van der Waals surface area contributed by atoms with Crippen LogP contribution in [-0.2, 0) is 21.7 Å². The van der Waals surface area contributed by atoms with Gasteiger partial charge in [-0.1, -0.05) is 18.2 Å². The van der Waals surface area contributed by atoms with E-state index in [9.17, 15) is 9.90 Å². The molecule has 1 aliphatic rings. The molecular weight excluding hydrogens is 506 g/mol. The van der Waals surface area contributed by atoms with Gasteiger partial charge in [-0.25, -0.2) is 4.79 Å². The number of carbonyl (C=O) groups is 1. The zero-order valence-electron chi connectivity index (χ0n) is 21.6. The number of methoxy groups -OCH3 is 3. The molecule has 0 saturated carbocycles. The van der Waals surface area contributed by atoms with Gasteiger partial charge in [0.05, 0.1) is 38.6 Å². The van der Waals surface area contributed by atoms with Crippen LogP contribution < -0.4 is 19.1 Å². The summed E-state index contributed by atoms with van der Waals surface area (Å²) in [5, 5.41) is 12.2. The zero-order chi connectivity index (χ0) is 27.0. The first kappa shape index (κ1) is 25.5. The van der Waals surface area contributed by atoms with E-state index in [1.807, 2.05) is 43.3 Å². The van der Waals surface area contributed by atoms with Gasteiger partial charge in [-0.3, -0.25) is 0 Å². The van der Waals surface area contributed by atoms with Crippen molar-refractivity contribution >= 4 is 40.0 Å². The topological polar surface area (TPSA) is 103 Å². The zero-order valence-corrected chi connectivity index (χ0v) is 22.5. The summed E-state index contributed by atoms with van der Waals surface area (Å²) in [5.74, 6) is -1.74. The minimum Gasteiger partial charge on any atom is -0.493 e. The average molecular weight is 534 g/mol. The standard InChI is InChI=1S/C28H27N3O6S/c1-31(2)19-8-6-7-16(11-19)12-20-25(17-9-10-21-22(13-17)30-38-29-21)27(32)37-28(20,33)18-14-23(34-3)26(36-5)24(15-18)35-4/h6-11,13-15,33H,12H2,1-5H3. The number of ether oxygens (including phenoxy) is 4. The van der Waals surface area contributed by atoms with Crippen LogP contribution in [-0.4, -0.2) is 55.2 Å². The first-order valence-corrected chi connectivity index (χ1v) is 12.5. The molecule has 196 valence electrons. The normalized spacial score (nSPS) is 17.1. The van der Waals surface area contributed by atoms with Gasteiger partial charge in [0, 0.05) is 37.3 Å². The molecule has 1 aliphatic heterocycles. The van der Waals surface area contributed by atoms with Gasteiger partial charge in [0.25, 0.3) is 5.79 Å². The van der Waals surface area contributed by atoms with E-state index in [0.717, 1.165) is 28.5 Å². The summed E-state index contributed by atoms with van der Waals surface area (Å²) < 4.78 is 30.8. The number of hydrogen-bond acceptors (Lipinski definition) is 10. The quantitative estimate of drug-likeness (QED) is 0.334. The first-order chi connectivity index (χ1) is 18.3. The molecule has 2 heterocycles. The summed E-state index contributed by atoms with van der Waals surface area (Å²) >= 11 is 1.09. The second kappa shape index (κ2) is 9.96. The lowest BCUT2D eigenvalue weighted by atomic mass is 9.87. The second-order valence-corrected chi connectivity index (χ2v) is 9.54. The number of carbonyl (C=O) groups excluding carboxylic acids is 1. The molecule has 1 N–H and O–H groups in total. The van der Waals surface area contributed by atoms with Crippen molar-refractivity contribution in [3.63, 3.8) is 0 Å². The number of benzene rings is 3. The van der Waals surface area contributed by atoms with E-state index in [1.165, 1.54) is 21.3 Å². The van der Waals surface area contributed by atoms with Crippen LogP contribution in [0.1, 0.15) is 16.7 Å². The fourth-order valence-corrected chi connectivity index (χ4v) is 5.15. The average Bonchev–Trinajstić information content (AvgIpc) is 3.49. The van der Waals surface area contributed by atoms with E-state index in [-0.39, 0.29) is 17.6 Å². The van der Waals surface area contributed by atoms with Crippen molar-refractivity contribution in [2.24, 2.45) is 0 Å². The number of nitrogens with zero attached hydrogens (tertiary/aromatic N) is 3. The molecule has 5 rings (SSSR count). The molecule has 38 heavy (non-hydrogen) atoms. The van der Waals surface area contributed by atoms with Gasteiger partial charge in [-0.2, -0.15) is 8.75 Å². The minimum atomic E-state index is -2.09. The summed E-state index contributed by atoms with van der Waals surface area (Å²) in [5.41, 5.74) is 4.77. The fraction of sp³-hybridized carbons (Fsp3) is 0.250. The predicted molar refractivity (Wildman–Crippen MR) is 145 cm³/mol. The van der Waals surface area contributed by atoms with Crippen molar-refractivity contribution in [3.05, 3.63) is 76.9 Å². The third-order valence-electron chi connectivity index (χ3n) is 6.56. The van der Waals surface area contributed by atoms with Crippen molar-refractivity contribution in [1.82, 2.24) is 8.75 Å². The Morgan fingerprint density at radius 2 is 1.66 bits per heavy atom. The molecule has 0 aliphatic carbocycles. The van der Waals surface area contributed by atoms with Crippen molar-refractivity contribution in [2.45, 2.75) is 12.2 Å². The highest BCUT2D eigenvalue weighted by Crippen LogP contribution is 2.49. The molecule has 3 aromatic carbocycles. The second-order valence-electron chi connectivity index (χ2n) is 9.01. The predicted octanol–water partition coefficient (Wildman–Crippen LogP) is 4.18. The van der Waals surface area contributed by atoms with Crippen molar-refractivity contribution in [2.75, 3.05) is 40.3 Å². The first-order valence-electron chi connectivity index (χ1n) is 11.8. The van der Waals surface area contributed by atoms with Crippen LogP contribution in [0.5, 0.6) is 17.2 Å². The third kappa shape index (κ3) is 4.31. The van der Waals surface area contributed by atoms with Crippen LogP contribution in [0.15, 0.2) is 60.2 Å². The Kier molecular flexibility index (Phi) is 6.68. The third-order valence-corrected chi connectivity index (χ3v) is 7.12. The van der Waals surface area contributed by atoms with Gasteiger partial charge in [-0.05, 0) is 47.5 Å². The SMILES string of the molecule is COc1cc(C2(O)OC(=O)C(c3ccc4nsnc4c3)=C2Cc2cccc(N(C)C)c2)cc(OC)c1OC. The van der Waals surface area contributed by atoms with E-state index in [0.29, 0.717) is 33.9 Å². The van der Waals surface area contributed by atoms with Gasteiger partial charge in [0.1, 0.15) is 11.0 Å². The molecule has 10 heteroatoms. The molecule has 1 unspecified atom stereocenters. The number of aromatic nitrogens is 2. The monoisotopic (exact) mass is 533 g/mol. The number of anilines is 1. The lowest BCUT2D eigenvalue weighted by Gasteiger charge is -2.27. The molecule has 1 aromatic heterocycles. The van der Waals surface area contributed by atoms with Gasteiger partial charge in [-0.15, -0.1) is 0 Å². The maximum Gasteiger partial charge on any atom is 0.342 e. The lowest BCUT2D eigenvalue weighted by molar-refractivity contribution is -0.185. The van der Waals surface area contributed by atoms with E-state index in [4.69, 9.17) is 18.9 Å². The number of fused-ring (bicyclic) bond motifs is 1. The van der Waals surface area contributed by atoms with Gasteiger partial charge in [0.15, 0.2) is 11.5 Å². The minimum absolute atomic E-state index is 0.239. The van der Waals surface area contributed by atoms with E-state index in [1.54, 1.807) is 30.3 Å². The summed E-state index contributed by atoms with van der Waals surface area (Å²) in [6.45, 7) is 0. The Labute approximate surface area is 224 Å². The number of aliphatic hydroxyl groups is 1. The maximum absolute atomic E-state index is 13.5. The van der Waals surface area contributed by atoms with Crippen LogP contribution in [0.25, 0.3) is 16.6 Å². The Balaban J connectivity index is 1.73. The van der Waals surface area contributed by atoms with Crippen LogP contribution in [0.3, 0.4) is 0 Å². The van der Waals surface area contributed by atoms with Crippen molar-refractivity contribution in [3.8, 4) is 17.2 Å². The number of hydrogen-bond donors (Lipinski definition) is 1. The highest BCUT2D eigenvalue weighted by molar-refractivity contribution is 7.00. The molecule has 0 fully saturated rings. The Hall–Kier alpha value is -4.15. The Bertz CT molecular complexity index is 1540. The molecular formula is C28H27N3O6S. The molecule has 0 spiro atoms. The highest BCUT2D eigenvalue weighted by Gasteiger charge is 2.49. The fourth-order valence-electron chi connectivity index (χ4n) is 4.64. The van der Waals surface area contributed by atoms with Crippen LogP contribution in [0, 0.1) is 0 Å². The molecule has 9 nitrogen and oxygen atoms in total. The van der Waals surface area contributed by atoms with Gasteiger partial charge in [0.2, 0.25) is 5.75 Å². The number of rotatable bonds is 8. The summed E-state index contributed by atoms with van der Waals surface area (Å²) in [7, 11) is 8.37. The van der Waals surface area contributed by atoms with E-state index >= 15 is 0 Å². The van der Waals surface area contributed by atoms with Crippen molar-refractivity contribution in [1.29, 1.82) is 0 Å². The summed E-state index contributed by atoms with van der Waals surface area (Å²) in [6.07, 6.45) is 0.239. The molecule has 0 radical (unpaired) electrons. The van der Waals surface area contributed by atoms with Crippen LogP contribution in [0.4, 0.5) is 5.69 Å². The van der Waals surface area contributed by atoms with E-state index < -0.39 is 11.8 Å². The Morgan fingerprint density at radius 3 is 2.32 bits per heavy atom. The largest absolute Gasteiger partial charge is 0.493 e. The molecule has 0 amide bonds. The smallest absolute Gasteiger partial charge is 0.342 e. The molecule has 1 atom stereocenters. The highest BCUT2D eigenvalue weighted by atomic mass is 32.1. The molecule has 0 bridgehead atoms. The van der Waals surface area contributed by atoms with E-state index in [2.05, 4.69) is 8.75 Å². The molecule has 4 aromatic rings. The Morgan fingerprint density at radius 1 is 0.947 bits per heavy atom. The lowest BCUT2D eigenvalue weighted by Crippen LogP contribution is -2.30. The molecule has 0 saturated heterocycles. The van der Waals surface area contributed by atoms with Gasteiger partial charge >= 0.3 is 5.97 Å². The van der Waals surface area contributed by atoms with Crippen molar-refractivity contribution < 1.29 is 28.8 Å². The van der Waals surface area contributed by atoms with Crippen LogP contribution in [0.2, 0.25) is 0 Å².